The lowest BCUT2D eigenvalue weighted by atomic mass is 10.0. The summed E-state index contributed by atoms with van der Waals surface area (Å²) in [5.41, 5.74) is 3.12. The van der Waals surface area contributed by atoms with Crippen LogP contribution in [0.1, 0.15) is 5.56 Å². The number of aromatic nitrogens is 1. The summed E-state index contributed by atoms with van der Waals surface area (Å²) in [7, 11) is 0. The second kappa shape index (κ2) is 6.65. The smallest absolute Gasteiger partial charge is 0.247 e. The SMILES string of the molecule is O=c1ccc(-c2ccc3cc(OCc4ccccc4)ccc3c2)c[nH]1. The van der Waals surface area contributed by atoms with Crippen molar-refractivity contribution in [2.75, 3.05) is 0 Å². The minimum Gasteiger partial charge on any atom is -0.489 e. The highest BCUT2D eigenvalue weighted by molar-refractivity contribution is 5.88. The lowest BCUT2D eigenvalue weighted by Crippen LogP contribution is -2.01. The number of nitrogens with one attached hydrogen (secondary N) is 1. The molecule has 0 atom stereocenters. The van der Waals surface area contributed by atoms with E-state index in [2.05, 4.69) is 47.4 Å². The summed E-state index contributed by atoms with van der Waals surface area (Å²) in [5, 5.41) is 2.26. The van der Waals surface area contributed by atoms with Gasteiger partial charge in [-0.15, -0.1) is 0 Å². The molecule has 122 valence electrons. The van der Waals surface area contributed by atoms with Crippen LogP contribution < -0.4 is 10.3 Å². The summed E-state index contributed by atoms with van der Waals surface area (Å²) in [4.78, 5) is 13.9. The van der Waals surface area contributed by atoms with Gasteiger partial charge in [0.15, 0.2) is 0 Å². The Morgan fingerprint density at radius 3 is 2.32 bits per heavy atom. The second-order valence-corrected chi connectivity index (χ2v) is 5.94. The third-order valence-electron chi connectivity index (χ3n) is 4.18. The first-order chi connectivity index (χ1) is 12.3. The van der Waals surface area contributed by atoms with E-state index >= 15 is 0 Å². The number of ether oxygens (including phenoxy) is 1. The molecule has 3 nitrogen and oxygen atoms in total. The first-order valence-corrected chi connectivity index (χ1v) is 8.18. The Morgan fingerprint density at radius 1 is 0.760 bits per heavy atom. The number of fused-ring (bicyclic) bond motifs is 1. The van der Waals surface area contributed by atoms with Gasteiger partial charge >= 0.3 is 0 Å². The average Bonchev–Trinajstić information content (AvgIpc) is 2.67. The fraction of sp³-hybridized carbons (Fsp3) is 0.0455. The van der Waals surface area contributed by atoms with E-state index in [1.807, 2.05) is 30.3 Å². The molecule has 0 fully saturated rings. The Labute approximate surface area is 145 Å². The molecule has 3 aromatic carbocycles. The van der Waals surface area contributed by atoms with Gasteiger partial charge in [0.1, 0.15) is 12.4 Å². The Bertz CT molecular complexity index is 1050. The largest absolute Gasteiger partial charge is 0.489 e. The highest BCUT2D eigenvalue weighted by atomic mass is 16.5. The summed E-state index contributed by atoms with van der Waals surface area (Å²) in [6.07, 6.45) is 1.74. The van der Waals surface area contributed by atoms with E-state index in [1.54, 1.807) is 12.3 Å². The van der Waals surface area contributed by atoms with Crippen molar-refractivity contribution in [1.29, 1.82) is 0 Å². The third kappa shape index (κ3) is 3.45. The van der Waals surface area contributed by atoms with Crippen LogP contribution in [0.5, 0.6) is 5.75 Å². The highest BCUT2D eigenvalue weighted by Gasteiger charge is 2.02. The number of pyridine rings is 1. The third-order valence-corrected chi connectivity index (χ3v) is 4.18. The first kappa shape index (κ1) is 15.2. The van der Waals surface area contributed by atoms with Crippen LogP contribution in [-0.2, 0) is 6.61 Å². The van der Waals surface area contributed by atoms with Gasteiger partial charge in [-0.3, -0.25) is 4.79 Å². The van der Waals surface area contributed by atoms with Crippen molar-refractivity contribution in [2.45, 2.75) is 6.61 Å². The van der Waals surface area contributed by atoms with Gasteiger partial charge in [-0.05, 0) is 51.7 Å². The minimum absolute atomic E-state index is 0.0928. The Hall–Kier alpha value is -3.33. The monoisotopic (exact) mass is 327 g/mol. The summed E-state index contributed by atoms with van der Waals surface area (Å²) < 4.78 is 5.89. The lowest BCUT2D eigenvalue weighted by Gasteiger charge is -2.09. The van der Waals surface area contributed by atoms with Crippen LogP contribution in [-0.4, -0.2) is 4.98 Å². The molecule has 0 aliphatic heterocycles. The molecule has 0 spiro atoms. The van der Waals surface area contributed by atoms with Crippen molar-refractivity contribution in [3.05, 3.63) is 101 Å². The number of hydrogen-bond donors (Lipinski definition) is 1. The summed E-state index contributed by atoms with van der Waals surface area (Å²) >= 11 is 0. The molecule has 0 saturated heterocycles. The zero-order chi connectivity index (χ0) is 17.1. The van der Waals surface area contributed by atoms with Crippen LogP contribution >= 0.6 is 0 Å². The maximum Gasteiger partial charge on any atom is 0.247 e. The summed E-state index contributed by atoms with van der Waals surface area (Å²) in [5.74, 6) is 0.855. The van der Waals surface area contributed by atoms with Crippen LogP contribution in [0.3, 0.4) is 0 Å². The molecule has 1 N–H and O–H groups in total. The van der Waals surface area contributed by atoms with Crippen molar-refractivity contribution in [3.63, 3.8) is 0 Å². The van der Waals surface area contributed by atoms with Crippen molar-refractivity contribution in [3.8, 4) is 16.9 Å². The molecule has 0 radical (unpaired) electrons. The topological polar surface area (TPSA) is 42.1 Å². The first-order valence-electron chi connectivity index (χ1n) is 8.18. The molecular weight excluding hydrogens is 310 g/mol. The van der Waals surface area contributed by atoms with Gasteiger partial charge in [0.2, 0.25) is 5.56 Å². The molecule has 1 aromatic heterocycles. The molecule has 0 aliphatic carbocycles. The van der Waals surface area contributed by atoms with E-state index in [-0.39, 0.29) is 5.56 Å². The summed E-state index contributed by atoms with van der Waals surface area (Å²) in [6, 6.07) is 25.8. The molecular formula is C22H17NO2. The van der Waals surface area contributed by atoms with E-state index in [1.165, 1.54) is 0 Å². The van der Waals surface area contributed by atoms with E-state index in [4.69, 9.17) is 4.74 Å². The fourth-order valence-electron chi connectivity index (χ4n) is 2.82. The van der Waals surface area contributed by atoms with Crippen LogP contribution in [0, 0.1) is 0 Å². The number of aromatic amines is 1. The number of rotatable bonds is 4. The molecule has 0 aliphatic rings. The minimum atomic E-state index is -0.0928. The maximum atomic E-state index is 11.2. The average molecular weight is 327 g/mol. The molecule has 4 aromatic rings. The van der Waals surface area contributed by atoms with Crippen molar-refractivity contribution in [2.24, 2.45) is 0 Å². The number of benzene rings is 3. The number of H-pyrrole nitrogens is 1. The van der Waals surface area contributed by atoms with Crippen molar-refractivity contribution in [1.82, 2.24) is 4.98 Å². The van der Waals surface area contributed by atoms with Gasteiger partial charge in [-0.25, -0.2) is 0 Å². The molecule has 25 heavy (non-hydrogen) atoms. The van der Waals surface area contributed by atoms with Gasteiger partial charge in [0.25, 0.3) is 0 Å². The molecule has 3 heteroatoms. The standard InChI is InChI=1S/C22H17NO2/c24-22-11-9-20(14-23-22)18-6-7-19-13-21(10-8-17(19)12-18)25-15-16-4-2-1-3-5-16/h1-14H,15H2,(H,23,24). The van der Waals surface area contributed by atoms with E-state index in [0.29, 0.717) is 6.61 Å². The zero-order valence-corrected chi connectivity index (χ0v) is 13.6. The van der Waals surface area contributed by atoms with Gasteiger partial charge < -0.3 is 9.72 Å². The Morgan fingerprint density at radius 2 is 1.52 bits per heavy atom. The predicted molar refractivity (Wildman–Crippen MR) is 101 cm³/mol. The van der Waals surface area contributed by atoms with Gasteiger partial charge in [0, 0.05) is 12.3 Å². The fourth-order valence-corrected chi connectivity index (χ4v) is 2.82. The zero-order valence-electron chi connectivity index (χ0n) is 13.6. The number of hydrogen-bond acceptors (Lipinski definition) is 2. The van der Waals surface area contributed by atoms with E-state index in [9.17, 15) is 4.79 Å². The quantitative estimate of drug-likeness (QED) is 0.586. The molecule has 0 unspecified atom stereocenters. The van der Waals surface area contributed by atoms with Crippen molar-refractivity contribution >= 4 is 10.8 Å². The van der Waals surface area contributed by atoms with Gasteiger partial charge in [-0.2, -0.15) is 0 Å². The van der Waals surface area contributed by atoms with Crippen LogP contribution in [0.4, 0.5) is 0 Å². The highest BCUT2D eigenvalue weighted by Crippen LogP contribution is 2.26. The Kier molecular flexibility index (Phi) is 4.05. The van der Waals surface area contributed by atoms with Crippen molar-refractivity contribution < 1.29 is 4.74 Å². The lowest BCUT2D eigenvalue weighted by molar-refractivity contribution is 0.306. The second-order valence-electron chi connectivity index (χ2n) is 5.94. The predicted octanol–water partition coefficient (Wildman–Crippen LogP) is 4.77. The Balaban J connectivity index is 1.58. The summed E-state index contributed by atoms with van der Waals surface area (Å²) in [6.45, 7) is 0.557. The molecule has 1 heterocycles. The molecule has 0 bridgehead atoms. The van der Waals surface area contributed by atoms with Crippen LogP contribution in [0.25, 0.3) is 21.9 Å². The van der Waals surface area contributed by atoms with Gasteiger partial charge in [-0.1, -0.05) is 48.5 Å². The van der Waals surface area contributed by atoms with Gasteiger partial charge in [0.05, 0.1) is 0 Å². The van der Waals surface area contributed by atoms with E-state index < -0.39 is 0 Å². The molecule has 4 rings (SSSR count). The normalized spacial score (nSPS) is 10.7. The van der Waals surface area contributed by atoms with E-state index in [0.717, 1.165) is 33.2 Å². The maximum absolute atomic E-state index is 11.2. The molecule has 0 amide bonds. The molecule has 0 saturated carbocycles. The van der Waals surface area contributed by atoms with Crippen LogP contribution in [0.15, 0.2) is 89.9 Å². The van der Waals surface area contributed by atoms with Crippen LogP contribution in [0.2, 0.25) is 0 Å².